The summed E-state index contributed by atoms with van der Waals surface area (Å²) in [4.78, 5) is 0. The molecule has 1 aliphatic carbocycles. The first-order chi connectivity index (χ1) is 3.34. The average Bonchev–Trinajstić information content (AvgIpc) is 2.44. The van der Waals surface area contributed by atoms with Crippen molar-refractivity contribution in [3.63, 3.8) is 0 Å². The van der Waals surface area contributed by atoms with Crippen molar-refractivity contribution in [2.24, 2.45) is 5.92 Å². The Morgan fingerprint density at radius 1 is 1.71 bits per heavy atom. The fourth-order valence-corrected chi connectivity index (χ4v) is 0.655. The van der Waals surface area contributed by atoms with Crippen molar-refractivity contribution in [3.8, 4) is 0 Å². The SMILES string of the molecule is C=C(O[Si])C1CC1. The molecule has 37 valence electrons. The Labute approximate surface area is 46.9 Å². The summed E-state index contributed by atoms with van der Waals surface area (Å²) < 4.78 is 4.69. The number of hydrogen-bond acceptors (Lipinski definition) is 1. The zero-order valence-electron chi connectivity index (χ0n) is 4.11. The van der Waals surface area contributed by atoms with Crippen molar-refractivity contribution < 1.29 is 4.43 Å². The molecule has 7 heavy (non-hydrogen) atoms. The van der Waals surface area contributed by atoms with Gasteiger partial charge in [0.25, 0.3) is 0 Å². The Morgan fingerprint density at radius 2 is 2.29 bits per heavy atom. The molecular formula is C5H7OSi. The minimum atomic E-state index is 0.650. The number of hydrogen-bond donors (Lipinski definition) is 0. The second-order valence-corrected chi connectivity index (χ2v) is 2.05. The molecule has 0 heterocycles. The van der Waals surface area contributed by atoms with Crippen LogP contribution < -0.4 is 0 Å². The van der Waals surface area contributed by atoms with Crippen LogP contribution in [0.3, 0.4) is 0 Å². The van der Waals surface area contributed by atoms with Gasteiger partial charge in [0.2, 0.25) is 0 Å². The van der Waals surface area contributed by atoms with Gasteiger partial charge in [0, 0.05) is 5.92 Å². The molecule has 0 N–H and O–H groups in total. The topological polar surface area (TPSA) is 9.23 Å². The van der Waals surface area contributed by atoms with Crippen LogP contribution in [0.1, 0.15) is 12.8 Å². The highest BCUT2D eigenvalue weighted by Gasteiger charge is 2.24. The first-order valence-corrected chi connectivity index (χ1v) is 2.78. The summed E-state index contributed by atoms with van der Waals surface area (Å²) in [6.45, 7) is 3.66. The molecule has 0 aromatic heterocycles. The normalized spacial score (nSPS) is 19.0. The molecule has 3 radical (unpaired) electrons. The van der Waals surface area contributed by atoms with Gasteiger partial charge in [-0.25, -0.2) is 0 Å². The molecule has 1 nitrogen and oxygen atoms in total. The molecule has 1 fully saturated rings. The summed E-state index contributed by atoms with van der Waals surface area (Å²) in [5.74, 6) is 1.52. The quantitative estimate of drug-likeness (QED) is 0.382. The summed E-state index contributed by atoms with van der Waals surface area (Å²) in [5.41, 5.74) is 0. The van der Waals surface area contributed by atoms with Crippen molar-refractivity contribution >= 4 is 10.5 Å². The van der Waals surface area contributed by atoms with E-state index in [-0.39, 0.29) is 0 Å². The van der Waals surface area contributed by atoms with E-state index in [0.29, 0.717) is 5.92 Å². The third kappa shape index (κ3) is 1.06. The molecule has 0 unspecified atom stereocenters. The van der Waals surface area contributed by atoms with Crippen molar-refractivity contribution in [2.75, 3.05) is 0 Å². The lowest BCUT2D eigenvalue weighted by Gasteiger charge is -1.97. The van der Waals surface area contributed by atoms with Crippen LogP contribution in [0.5, 0.6) is 0 Å². The monoisotopic (exact) mass is 111 g/mol. The van der Waals surface area contributed by atoms with Crippen molar-refractivity contribution in [1.29, 1.82) is 0 Å². The molecule has 1 rings (SSSR count). The zero-order valence-corrected chi connectivity index (χ0v) is 5.11. The molecule has 0 aliphatic heterocycles. The van der Waals surface area contributed by atoms with Crippen molar-refractivity contribution in [3.05, 3.63) is 12.3 Å². The molecule has 1 aliphatic rings. The lowest BCUT2D eigenvalue weighted by atomic mass is 10.4. The molecule has 0 aromatic rings. The van der Waals surface area contributed by atoms with Gasteiger partial charge >= 0.3 is 10.5 Å². The Bertz CT molecular complexity index is 86.1. The van der Waals surface area contributed by atoms with E-state index in [2.05, 4.69) is 21.5 Å². The van der Waals surface area contributed by atoms with Gasteiger partial charge in [-0.2, -0.15) is 0 Å². The molecule has 0 atom stereocenters. The fraction of sp³-hybridized carbons (Fsp3) is 0.600. The van der Waals surface area contributed by atoms with Crippen LogP contribution in [-0.2, 0) is 4.43 Å². The van der Waals surface area contributed by atoms with E-state index in [0.717, 1.165) is 5.76 Å². The van der Waals surface area contributed by atoms with Gasteiger partial charge in [-0.05, 0) is 12.8 Å². The van der Waals surface area contributed by atoms with Gasteiger partial charge in [-0.15, -0.1) is 0 Å². The minimum Gasteiger partial charge on any atom is -0.544 e. The van der Waals surface area contributed by atoms with Crippen molar-refractivity contribution in [2.45, 2.75) is 12.8 Å². The molecule has 0 amide bonds. The largest absolute Gasteiger partial charge is 0.544 e. The second-order valence-electron chi connectivity index (χ2n) is 1.84. The Balaban J connectivity index is 2.24. The maximum atomic E-state index is 4.69. The van der Waals surface area contributed by atoms with Crippen LogP contribution in [0.2, 0.25) is 0 Å². The lowest BCUT2D eigenvalue weighted by molar-refractivity contribution is 0.437. The van der Waals surface area contributed by atoms with Crippen LogP contribution >= 0.6 is 0 Å². The zero-order chi connectivity index (χ0) is 5.28. The summed E-state index contributed by atoms with van der Waals surface area (Å²) >= 11 is 0. The summed E-state index contributed by atoms with van der Waals surface area (Å²) in [5, 5.41) is 0. The second kappa shape index (κ2) is 1.70. The van der Waals surface area contributed by atoms with Gasteiger partial charge < -0.3 is 4.43 Å². The van der Waals surface area contributed by atoms with Gasteiger partial charge in [0.05, 0.1) is 5.76 Å². The molecule has 2 heteroatoms. The molecule has 0 bridgehead atoms. The van der Waals surface area contributed by atoms with E-state index >= 15 is 0 Å². The Hall–Kier alpha value is -0.243. The maximum absolute atomic E-state index is 4.69. The number of rotatable bonds is 2. The first-order valence-electron chi connectivity index (χ1n) is 2.37. The van der Waals surface area contributed by atoms with E-state index in [1.165, 1.54) is 12.8 Å². The highest BCUT2D eigenvalue weighted by Crippen LogP contribution is 2.35. The van der Waals surface area contributed by atoms with E-state index in [9.17, 15) is 0 Å². The van der Waals surface area contributed by atoms with Gasteiger partial charge in [0.1, 0.15) is 0 Å². The Kier molecular flexibility index (Phi) is 1.19. The molecule has 0 spiro atoms. The van der Waals surface area contributed by atoms with E-state index in [4.69, 9.17) is 0 Å². The van der Waals surface area contributed by atoms with Crippen LogP contribution in [0.4, 0.5) is 0 Å². The third-order valence-electron chi connectivity index (χ3n) is 1.16. The maximum Gasteiger partial charge on any atom is 0.340 e. The van der Waals surface area contributed by atoms with E-state index < -0.39 is 0 Å². The van der Waals surface area contributed by atoms with Crippen LogP contribution in [0.25, 0.3) is 0 Å². The van der Waals surface area contributed by atoms with Gasteiger partial charge in [-0.1, -0.05) is 6.58 Å². The highest BCUT2D eigenvalue weighted by molar-refractivity contribution is 5.98. The fourth-order valence-electron chi connectivity index (χ4n) is 0.489. The first kappa shape index (κ1) is 4.90. The van der Waals surface area contributed by atoms with Crippen molar-refractivity contribution in [1.82, 2.24) is 0 Å². The van der Waals surface area contributed by atoms with E-state index in [1.807, 2.05) is 0 Å². The summed E-state index contributed by atoms with van der Waals surface area (Å²) in [6, 6.07) is 0. The highest BCUT2D eigenvalue weighted by atomic mass is 28.2. The summed E-state index contributed by atoms with van der Waals surface area (Å²) in [6.07, 6.45) is 2.51. The van der Waals surface area contributed by atoms with Crippen LogP contribution in [-0.4, -0.2) is 10.5 Å². The minimum absolute atomic E-state index is 0.650. The Morgan fingerprint density at radius 3 is 2.43 bits per heavy atom. The predicted octanol–water partition coefficient (Wildman–Crippen LogP) is 1.01. The predicted molar refractivity (Wildman–Crippen MR) is 28.7 cm³/mol. The lowest BCUT2D eigenvalue weighted by Crippen LogP contribution is -1.85. The molecular weight excluding hydrogens is 104 g/mol. The third-order valence-corrected chi connectivity index (χ3v) is 1.43. The smallest absolute Gasteiger partial charge is 0.340 e. The standard InChI is InChI=1S/C5H7OSi/c1-4(6-7)5-2-3-5/h5H,1-3H2. The molecule has 0 aromatic carbocycles. The van der Waals surface area contributed by atoms with Gasteiger partial charge in [0.15, 0.2) is 0 Å². The number of allylic oxidation sites excluding steroid dienone is 1. The van der Waals surface area contributed by atoms with Crippen LogP contribution in [0.15, 0.2) is 12.3 Å². The van der Waals surface area contributed by atoms with Crippen LogP contribution in [0, 0.1) is 5.92 Å². The summed E-state index contributed by atoms with van der Waals surface area (Å²) in [7, 11) is 2.90. The molecule has 1 saturated carbocycles. The average molecular weight is 111 g/mol. The van der Waals surface area contributed by atoms with E-state index in [1.54, 1.807) is 0 Å². The molecule has 0 saturated heterocycles. The van der Waals surface area contributed by atoms with Gasteiger partial charge in [-0.3, -0.25) is 0 Å².